The molecule has 25 heavy (non-hydrogen) atoms. The molecule has 0 radical (unpaired) electrons. The SMILES string of the molecule is COc1cc(/C=C(\C#N)C(N)=O)ccc1OC(=O)c1ccc(C)cc1. The summed E-state index contributed by atoms with van der Waals surface area (Å²) in [6.07, 6.45) is 1.33. The number of primary amides is 1. The van der Waals surface area contributed by atoms with Crippen molar-refractivity contribution in [3.8, 4) is 17.6 Å². The third-order valence-corrected chi connectivity index (χ3v) is 3.37. The number of ether oxygens (including phenoxy) is 2. The highest BCUT2D eigenvalue weighted by Gasteiger charge is 2.13. The first-order valence-corrected chi connectivity index (χ1v) is 7.33. The molecule has 0 aromatic heterocycles. The Balaban J connectivity index is 2.28. The van der Waals surface area contributed by atoms with Crippen molar-refractivity contribution in [1.82, 2.24) is 0 Å². The van der Waals surface area contributed by atoms with Crippen LogP contribution in [0.5, 0.6) is 11.5 Å². The molecule has 2 aromatic rings. The van der Waals surface area contributed by atoms with Gasteiger partial charge >= 0.3 is 5.97 Å². The molecule has 6 heteroatoms. The van der Waals surface area contributed by atoms with Crippen molar-refractivity contribution in [3.05, 3.63) is 64.7 Å². The Morgan fingerprint density at radius 3 is 2.36 bits per heavy atom. The van der Waals surface area contributed by atoms with Crippen molar-refractivity contribution in [3.63, 3.8) is 0 Å². The van der Waals surface area contributed by atoms with Crippen molar-refractivity contribution in [2.75, 3.05) is 7.11 Å². The lowest BCUT2D eigenvalue weighted by molar-refractivity contribution is -0.114. The summed E-state index contributed by atoms with van der Waals surface area (Å²) in [5, 5.41) is 8.88. The Morgan fingerprint density at radius 2 is 1.80 bits per heavy atom. The number of aryl methyl sites for hydroxylation is 1. The zero-order valence-electron chi connectivity index (χ0n) is 13.8. The summed E-state index contributed by atoms with van der Waals surface area (Å²) in [6, 6.07) is 13.3. The lowest BCUT2D eigenvalue weighted by atomic mass is 10.1. The molecule has 0 fully saturated rings. The number of nitriles is 1. The summed E-state index contributed by atoms with van der Waals surface area (Å²) >= 11 is 0. The van der Waals surface area contributed by atoms with Gasteiger partial charge in [-0.1, -0.05) is 23.8 Å². The van der Waals surface area contributed by atoms with Crippen LogP contribution in [-0.4, -0.2) is 19.0 Å². The minimum Gasteiger partial charge on any atom is -0.493 e. The van der Waals surface area contributed by atoms with Gasteiger partial charge in [-0.15, -0.1) is 0 Å². The second kappa shape index (κ2) is 7.79. The van der Waals surface area contributed by atoms with E-state index in [1.807, 2.05) is 19.1 Å². The third kappa shape index (κ3) is 4.45. The Hall–Kier alpha value is -3.59. The van der Waals surface area contributed by atoms with Crippen LogP contribution in [0.1, 0.15) is 21.5 Å². The molecule has 0 atom stereocenters. The van der Waals surface area contributed by atoms with E-state index in [2.05, 4.69) is 0 Å². The zero-order chi connectivity index (χ0) is 18.4. The molecule has 0 bridgehead atoms. The maximum Gasteiger partial charge on any atom is 0.343 e. The zero-order valence-corrected chi connectivity index (χ0v) is 13.8. The molecular weight excluding hydrogens is 320 g/mol. The minimum atomic E-state index is -0.823. The van der Waals surface area contributed by atoms with Crippen LogP contribution in [0, 0.1) is 18.3 Å². The predicted molar refractivity (Wildman–Crippen MR) is 91.9 cm³/mol. The molecule has 0 aliphatic rings. The molecule has 0 heterocycles. The standard InChI is InChI=1S/C19H16N2O4/c1-12-3-6-14(7-4-12)19(23)25-16-8-5-13(10-17(16)24-2)9-15(11-20)18(21)22/h3-10H,1-2H3,(H2,21,22)/b15-9+. The van der Waals surface area contributed by atoms with Crippen LogP contribution in [-0.2, 0) is 4.79 Å². The number of carbonyl (C=O) groups is 2. The summed E-state index contributed by atoms with van der Waals surface area (Å²) in [4.78, 5) is 23.3. The Bertz CT molecular complexity index is 877. The fraction of sp³-hybridized carbons (Fsp3) is 0.105. The molecule has 6 nitrogen and oxygen atoms in total. The molecule has 2 N–H and O–H groups in total. The highest BCUT2D eigenvalue weighted by molar-refractivity contribution is 6.00. The fourth-order valence-corrected chi connectivity index (χ4v) is 2.03. The predicted octanol–water partition coefficient (Wildman–Crippen LogP) is 2.62. The van der Waals surface area contributed by atoms with Gasteiger partial charge in [0.15, 0.2) is 11.5 Å². The van der Waals surface area contributed by atoms with Crippen LogP contribution in [0.25, 0.3) is 6.08 Å². The summed E-state index contributed by atoms with van der Waals surface area (Å²) < 4.78 is 10.6. The molecule has 0 aliphatic carbocycles. The van der Waals surface area contributed by atoms with Gasteiger partial charge in [0.1, 0.15) is 11.6 Å². The molecule has 2 aromatic carbocycles. The smallest absolute Gasteiger partial charge is 0.343 e. The normalized spacial score (nSPS) is 10.7. The van der Waals surface area contributed by atoms with E-state index in [1.54, 1.807) is 24.3 Å². The van der Waals surface area contributed by atoms with Crippen LogP contribution >= 0.6 is 0 Å². The number of nitrogens with two attached hydrogens (primary N) is 1. The number of methoxy groups -OCH3 is 1. The fourth-order valence-electron chi connectivity index (χ4n) is 2.03. The molecule has 0 aliphatic heterocycles. The molecular formula is C19H16N2O4. The number of rotatable bonds is 5. The van der Waals surface area contributed by atoms with Gasteiger partial charge in [0.05, 0.1) is 12.7 Å². The summed E-state index contributed by atoms with van der Waals surface area (Å²) in [7, 11) is 1.42. The average molecular weight is 336 g/mol. The maximum absolute atomic E-state index is 12.2. The first-order valence-electron chi connectivity index (χ1n) is 7.33. The molecule has 2 rings (SSSR count). The second-order valence-electron chi connectivity index (χ2n) is 5.20. The number of hydrogen-bond acceptors (Lipinski definition) is 5. The lowest BCUT2D eigenvalue weighted by Crippen LogP contribution is -2.12. The van der Waals surface area contributed by atoms with Crippen molar-refractivity contribution in [2.45, 2.75) is 6.92 Å². The number of esters is 1. The number of amides is 1. The highest BCUT2D eigenvalue weighted by Crippen LogP contribution is 2.29. The first kappa shape index (κ1) is 17.8. The van der Waals surface area contributed by atoms with E-state index in [0.717, 1.165) is 5.56 Å². The quantitative estimate of drug-likeness (QED) is 0.391. The second-order valence-corrected chi connectivity index (χ2v) is 5.20. The van der Waals surface area contributed by atoms with Crippen LogP contribution in [0.4, 0.5) is 0 Å². The van der Waals surface area contributed by atoms with Crippen LogP contribution in [0.2, 0.25) is 0 Å². The van der Waals surface area contributed by atoms with Crippen LogP contribution < -0.4 is 15.2 Å². The molecule has 1 amide bonds. The Labute approximate surface area is 145 Å². The van der Waals surface area contributed by atoms with E-state index >= 15 is 0 Å². The van der Waals surface area contributed by atoms with Crippen molar-refractivity contribution >= 4 is 18.0 Å². The number of nitrogens with zero attached hydrogens (tertiary/aromatic N) is 1. The van der Waals surface area contributed by atoms with E-state index in [-0.39, 0.29) is 17.1 Å². The molecule has 126 valence electrons. The van der Waals surface area contributed by atoms with Crippen molar-refractivity contribution < 1.29 is 19.1 Å². The van der Waals surface area contributed by atoms with E-state index in [9.17, 15) is 9.59 Å². The minimum absolute atomic E-state index is 0.188. The van der Waals surface area contributed by atoms with Gasteiger partial charge in [-0.2, -0.15) is 5.26 Å². The largest absolute Gasteiger partial charge is 0.493 e. The highest BCUT2D eigenvalue weighted by atomic mass is 16.6. The topological polar surface area (TPSA) is 102 Å². The average Bonchev–Trinajstić information content (AvgIpc) is 2.60. The van der Waals surface area contributed by atoms with E-state index in [4.69, 9.17) is 20.5 Å². The van der Waals surface area contributed by atoms with Crippen LogP contribution in [0.15, 0.2) is 48.0 Å². The van der Waals surface area contributed by atoms with Crippen molar-refractivity contribution in [2.24, 2.45) is 5.73 Å². The Kier molecular flexibility index (Phi) is 5.54. The van der Waals surface area contributed by atoms with E-state index in [0.29, 0.717) is 11.1 Å². The van der Waals surface area contributed by atoms with E-state index < -0.39 is 11.9 Å². The third-order valence-electron chi connectivity index (χ3n) is 3.37. The molecule has 0 spiro atoms. The van der Waals surface area contributed by atoms with Gasteiger partial charge in [0.2, 0.25) is 0 Å². The Morgan fingerprint density at radius 1 is 1.12 bits per heavy atom. The summed E-state index contributed by atoms with van der Waals surface area (Å²) in [5.41, 5.74) is 6.88. The molecule has 0 saturated heterocycles. The van der Waals surface area contributed by atoms with Gasteiger partial charge in [-0.3, -0.25) is 4.79 Å². The number of hydrogen-bond donors (Lipinski definition) is 1. The summed E-state index contributed by atoms with van der Waals surface area (Å²) in [5.74, 6) is -0.827. The number of benzene rings is 2. The van der Waals surface area contributed by atoms with Gasteiger partial charge < -0.3 is 15.2 Å². The first-order chi connectivity index (χ1) is 11.9. The van der Waals surface area contributed by atoms with Gasteiger partial charge in [-0.05, 0) is 42.8 Å². The molecule has 0 unspecified atom stereocenters. The van der Waals surface area contributed by atoms with Gasteiger partial charge in [0, 0.05) is 0 Å². The maximum atomic E-state index is 12.2. The lowest BCUT2D eigenvalue weighted by Gasteiger charge is -2.10. The number of carbonyl (C=O) groups excluding carboxylic acids is 2. The summed E-state index contributed by atoms with van der Waals surface area (Å²) in [6.45, 7) is 1.92. The van der Waals surface area contributed by atoms with Gasteiger partial charge in [-0.25, -0.2) is 4.79 Å². The van der Waals surface area contributed by atoms with Crippen molar-refractivity contribution in [1.29, 1.82) is 5.26 Å². The van der Waals surface area contributed by atoms with Gasteiger partial charge in [0.25, 0.3) is 5.91 Å². The molecule has 0 saturated carbocycles. The van der Waals surface area contributed by atoms with Crippen LogP contribution in [0.3, 0.4) is 0 Å². The van der Waals surface area contributed by atoms with E-state index in [1.165, 1.54) is 25.3 Å². The monoisotopic (exact) mass is 336 g/mol.